The van der Waals surface area contributed by atoms with Crippen LogP contribution < -0.4 is 5.32 Å². The largest absolute Gasteiger partial charge is 0.390 e. The highest BCUT2D eigenvalue weighted by Crippen LogP contribution is 2.05. The van der Waals surface area contributed by atoms with E-state index in [1.165, 1.54) is 0 Å². The lowest BCUT2D eigenvalue weighted by Gasteiger charge is -2.35. The molecule has 1 aliphatic rings. The summed E-state index contributed by atoms with van der Waals surface area (Å²) in [5, 5.41) is 11.8. The number of aliphatic hydroxyl groups is 1. The predicted octanol–water partition coefficient (Wildman–Crippen LogP) is -1.66. The van der Waals surface area contributed by atoms with Crippen molar-refractivity contribution in [2.75, 3.05) is 46.8 Å². The number of nitrogens with one attached hydrogen (secondary N) is 1. The average molecular weight is 201 g/mol. The quantitative estimate of drug-likeness (QED) is 0.559. The molecule has 5 heteroatoms. The molecule has 5 nitrogen and oxygen atoms in total. The van der Waals surface area contributed by atoms with Crippen LogP contribution in [0.5, 0.6) is 0 Å². The first-order valence-electron chi connectivity index (χ1n) is 4.90. The first-order chi connectivity index (χ1) is 6.58. The Morgan fingerprint density at radius 2 is 2.21 bits per heavy atom. The van der Waals surface area contributed by atoms with Crippen molar-refractivity contribution >= 4 is 5.91 Å². The summed E-state index contributed by atoms with van der Waals surface area (Å²) < 4.78 is 0. The Morgan fingerprint density at radius 3 is 2.71 bits per heavy atom. The molecule has 0 aromatic carbocycles. The highest BCUT2D eigenvalue weighted by atomic mass is 16.3. The van der Waals surface area contributed by atoms with E-state index >= 15 is 0 Å². The monoisotopic (exact) mass is 201 g/mol. The number of rotatable bonds is 5. The highest BCUT2D eigenvalue weighted by molar-refractivity contribution is 5.78. The van der Waals surface area contributed by atoms with Gasteiger partial charge in [0.25, 0.3) is 0 Å². The summed E-state index contributed by atoms with van der Waals surface area (Å²) in [4.78, 5) is 15.2. The third-order valence-corrected chi connectivity index (χ3v) is 2.19. The molecule has 1 rings (SSSR count). The maximum atomic E-state index is 11.3. The summed E-state index contributed by atoms with van der Waals surface area (Å²) in [7, 11) is 3.94. The lowest BCUT2D eigenvalue weighted by atomic mass is 10.2. The molecule has 1 fully saturated rings. The number of β-amino-alcohol motifs (C(OH)–C–C–N with tert-alkyl or cyclic N) is 1. The van der Waals surface area contributed by atoms with Crippen LogP contribution in [-0.4, -0.2) is 73.7 Å². The first-order valence-corrected chi connectivity index (χ1v) is 4.90. The zero-order valence-electron chi connectivity index (χ0n) is 8.86. The van der Waals surface area contributed by atoms with E-state index in [1.807, 2.05) is 23.9 Å². The maximum Gasteiger partial charge on any atom is 0.234 e. The zero-order valence-corrected chi connectivity index (χ0v) is 8.86. The maximum absolute atomic E-state index is 11.3. The van der Waals surface area contributed by atoms with Crippen molar-refractivity contribution in [2.24, 2.45) is 0 Å². The van der Waals surface area contributed by atoms with E-state index in [9.17, 15) is 4.79 Å². The summed E-state index contributed by atoms with van der Waals surface area (Å²) in [6.07, 6.45) is -0.232. The zero-order chi connectivity index (χ0) is 10.6. The highest BCUT2D eigenvalue weighted by Gasteiger charge is 2.25. The number of carbonyl (C=O) groups excluding carboxylic acids is 1. The molecule has 0 aromatic rings. The van der Waals surface area contributed by atoms with Crippen molar-refractivity contribution in [1.29, 1.82) is 0 Å². The Balaban J connectivity index is 1.99. The van der Waals surface area contributed by atoms with Crippen molar-refractivity contribution in [1.82, 2.24) is 15.1 Å². The molecule has 1 heterocycles. The van der Waals surface area contributed by atoms with Crippen LogP contribution in [0.1, 0.15) is 0 Å². The fraction of sp³-hybridized carbons (Fsp3) is 0.889. The number of likely N-dealkylation sites (N-methyl/N-ethyl adjacent to an activating group) is 1. The molecule has 2 N–H and O–H groups in total. The van der Waals surface area contributed by atoms with Gasteiger partial charge in [-0.25, -0.2) is 0 Å². The Kier molecular flexibility index (Phi) is 4.31. The molecule has 1 aliphatic heterocycles. The average Bonchev–Trinajstić information content (AvgIpc) is 2.00. The molecule has 0 aliphatic carbocycles. The number of hydrogen-bond acceptors (Lipinski definition) is 4. The van der Waals surface area contributed by atoms with Crippen molar-refractivity contribution in [2.45, 2.75) is 6.10 Å². The van der Waals surface area contributed by atoms with E-state index in [2.05, 4.69) is 5.32 Å². The molecule has 0 atom stereocenters. The third kappa shape index (κ3) is 4.04. The van der Waals surface area contributed by atoms with Gasteiger partial charge in [-0.3, -0.25) is 9.69 Å². The second kappa shape index (κ2) is 5.29. The molecule has 0 spiro atoms. The first kappa shape index (κ1) is 11.4. The lowest BCUT2D eigenvalue weighted by molar-refractivity contribution is -0.124. The Bertz CT molecular complexity index is 190. The number of hydrogen-bond donors (Lipinski definition) is 2. The van der Waals surface area contributed by atoms with Crippen molar-refractivity contribution in [3.05, 3.63) is 0 Å². The third-order valence-electron chi connectivity index (χ3n) is 2.19. The second-order valence-electron chi connectivity index (χ2n) is 4.00. The summed E-state index contributed by atoms with van der Waals surface area (Å²) in [6, 6.07) is 0. The second-order valence-corrected chi connectivity index (χ2v) is 4.00. The smallest absolute Gasteiger partial charge is 0.234 e. The van der Waals surface area contributed by atoms with Gasteiger partial charge in [0.15, 0.2) is 0 Å². The summed E-state index contributed by atoms with van der Waals surface area (Å²) in [5.74, 6) is 0.0405. The summed E-state index contributed by atoms with van der Waals surface area (Å²) in [6.45, 7) is 3.20. The number of amides is 1. The van der Waals surface area contributed by atoms with Crippen LogP contribution in [0.15, 0.2) is 0 Å². The minimum atomic E-state index is -0.232. The lowest BCUT2D eigenvalue weighted by Crippen LogP contribution is -2.54. The van der Waals surface area contributed by atoms with Gasteiger partial charge in [-0.05, 0) is 14.1 Å². The van der Waals surface area contributed by atoms with Gasteiger partial charge in [-0.2, -0.15) is 0 Å². The number of carbonyl (C=O) groups is 1. The number of likely N-dealkylation sites (tertiary alicyclic amines) is 1. The summed E-state index contributed by atoms with van der Waals surface area (Å²) in [5.41, 5.74) is 0. The Hall–Kier alpha value is -0.650. The van der Waals surface area contributed by atoms with Crippen molar-refractivity contribution in [3.63, 3.8) is 0 Å². The van der Waals surface area contributed by atoms with Crippen LogP contribution in [0.2, 0.25) is 0 Å². The van der Waals surface area contributed by atoms with Crippen LogP contribution in [0.4, 0.5) is 0 Å². The van der Waals surface area contributed by atoms with Crippen LogP contribution in [0.3, 0.4) is 0 Å². The van der Waals surface area contributed by atoms with Crippen molar-refractivity contribution in [3.8, 4) is 0 Å². The minimum absolute atomic E-state index is 0.0405. The normalized spacial score (nSPS) is 18.3. The SMILES string of the molecule is CN(C)CCNC(=O)CN1CC(O)C1. The topological polar surface area (TPSA) is 55.8 Å². The van der Waals surface area contributed by atoms with Crippen LogP contribution in [-0.2, 0) is 4.79 Å². The van der Waals surface area contributed by atoms with Gasteiger partial charge in [0.1, 0.15) is 0 Å². The molecule has 0 unspecified atom stereocenters. The molecular formula is C9H19N3O2. The van der Waals surface area contributed by atoms with Gasteiger partial charge >= 0.3 is 0 Å². The van der Waals surface area contributed by atoms with Gasteiger partial charge in [0.05, 0.1) is 12.6 Å². The summed E-state index contributed by atoms with van der Waals surface area (Å²) >= 11 is 0. The van der Waals surface area contributed by atoms with E-state index < -0.39 is 0 Å². The predicted molar refractivity (Wildman–Crippen MR) is 54.0 cm³/mol. The molecule has 1 saturated heterocycles. The molecule has 0 radical (unpaired) electrons. The molecule has 0 saturated carbocycles. The van der Waals surface area contributed by atoms with Gasteiger partial charge in [-0.15, -0.1) is 0 Å². The fourth-order valence-corrected chi connectivity index (χ4v) is 1.35. The fourth-order valence-electron chi connectivity index (χ4n) is 1.35. The molecule has 1 amide bonds. The van der Waals surface area contributed by atoms with Crippen LogP contribution >= 0.6 is 0 Å². The van der Waals surface area contributed by atoms with Gasteiger partial charge in [-0.1, -0.05) is 0 Å². The van der Waals surface area contributed by atoms with E-state index in [-0.39, 0.29) is 12.0 Å². The van der Waals surface area contributed by atoms with Gasteiger partial charge in [0, 0.05) is 26.2 Å². The Morgan fingerprint density at radius 1 is 1.57 bits per heavy atom. The molecule has 14 heavy (non-hydrogen) atoms. The van der Waals surface area contributed by atoms with E-state index in [1.54, 1.807) is 0 Å². The molecule has 0 bridgehead atoms. The van der Waals surface area contributed by atoms with E-state index in [4.69, 9.17) is 5.11 Å². The van der Waals surface area contributed by atoms with E-state index in [0.717, 1.165) is 6.54 Å². The van der Waals surface area contributed by atoms with E-state index in [0.29, 0.717) is 26.2 Å². The molecule has 0 aromatic heterocycles. The van der Waals surface area contributed by atoms with Gasteiger partial charge < -0.3 is 15.3 Å². The van der Waals surface area contributed by atoms with Crippen LogP contribution in [0.25, 0.3) is 0 Å². The van der Waals surface area contributed by atoms with Gasteiger partial charge in [0.2, 0.25) is 5.91 Å². The van der Waals surface area contributed by atoms with Crippen molar-refractivity contribution < 1.29 is 9.90 Å². The number of nitrogens with zero attached hydrogens (tertiary/aromatic N) is 2. The number of aliphatic hydroxyl groups excluding tert-OH is 1. The standard InChI is InChI=1S/C9H19N3O2/c1-11(2)4-3-10-9(14)7-12-5-8(13)6-12/h8,13H,3-7H2,1-2H3,(H,10,14). The Labute approximate surface area is 84.7 Å². The molecular weight excluding hydrogens is 182 g/mol. The molecule has 82 valence electrons. The minimum Gasteiger partial charge on any atom is -0.390 e. The van der Waals surface area contributed by atoms with Crippen LogP contribution in [0, 0.1) is 0 Å².